The average molecular weight is 280 g/mol. The molecule has 0 radical (unpaired) electrons. The van der Waals surface area contributed by atoms with Crippen LogP contribution in [0.15, 0.2) is 30.3 Å². The van der Waals surface area contributed by atoms with Crippen molar-refractivity contribution in [1.82, 2.24) is 4.98 Å². The van der Waals surface area contributed by atoms with E-state index in [9.17, 15) is 9.50 Å². The summed E-state index contributed by atoms with van der Waals surface area (Å²) in [5.74, 6) is -0.449. The van der Waals surface area contributed by atoms with Gasteiger partial charge in [0, 0.05) is 17.8 Å². The zero-order valence-corrected chi connectivity index (χ0v) is 11.6. The standard InChI is InChI=1S/C15H15ClFNO/c1-9-5-12(6-10(2)18-9)15(19)8-11-3-4-14(17)13(16)7-11/h3-7,15,19H,8H2,1-2H3. The van der Waals surface area contributed by atoms with E-state index >= 15 is 0 Å². The van der Waals surface area contributed by atoms with Crippen LogP contribution in [0.1, 0.15) is 28.6 Å². The lowest BCUT2D eigenvalue weighted by atomic mass is 10.0. The van der Waals surface area contributed by atoms with Crippen LogP contribution in [-0.2, 0) is 6.42 Å². The molecule has 0 amide bonds. The van der Waals surface area contributed by atoms with E-state index in [4.69, 9.17) is 11.6 Å². The summed E-state index contributed by atoms with van der Waals surface area (Å²) in [6.07, 6.45) is -0.259. The lowest BCUT2D eigenvalue weighted by Gasteiger charge is -2.13. The van der Waals surface area contributed by atoms with E-state index in [1.807, 2.05) is 26.0 Å². The van der Waals surface area contributed by atoms with Gasteiger partial charge in [-0.3, -0.25) is 4.98 Å². The number of aryl methyl sites for hydroxylation is 2. The smallest absolute Gasteiger partial charge is 0.141 e. The lowest BCUT2D eigenvalue weighted by molar-refractivity contribution is 0.178. The van der Waals surface area contributed by atoms with Gasteiger partial charge in [0.25, 0.3) is 0 Å². The number of halogens is 2. The van der Waals surface area contributed by atoms with E-state index in [0.29, 0.717) is 6.42 Å². The van der Waals surface area contributed by atoms with Gasteiger partial charge < -0.3 is 5.11 Å². The Labute approximate surface area is 116 Å². The molecule has 0 fully saturated rings. The van der Waals surface area contributed by atoms with Gasteiger partial charge >= 0.3 is 0 Å². The molecular formula is C15H15ClFNO. The summed E-state index contributed by atoms with van der Waals surface area (Å²) >= 11 is 5.73. The highest BCUT2D eigenvalue weighted by Crippen LogP contribution is 2.22. The van der Waals surface area contributed by atoms with Gasteiger partial charge in [-0.05, 0) is 49.2 Å². The van der Waals surface area contributed by atoms with Crippen LogP contribution in [0.5, 0.6) is 0 Å². The summed E-state index contributed by atoms with van der Waals surface area (Å²) in [4.78, 5) is 4.27. The van der Waals surface area contributed by atoms with Crippen LogP contribution >= 0.6 is 11.6 Å². The molecule has 1 unspecified atom stereocenters. The van der Waals surface area contributed by atoms with Gasteiger partial charge in [-0.2, -0.15) is 0 Å². The second-order valence-electron chi connectivity index (χ2n) is 4.65. The molecule has 2 aromatic rings. The van der Waals surface area contributed by atoms with Gasteiger partial charge in [-0.25, -0.2) is 4.39 Å². The van der Waals surface area contributed by atoms with E-state index < -0.39 is 11.9 Å². The molecule has 1 heterocycles. The molecule has 0 aliphatic rings. The van der Waals surface area contributed by atoms with Crippen molar-refractivity contribution in [2.24, 2.45) is 0 Å². The Morgan fingerprint density at radius 1 is 1.21 bits per heavy atom. The Kier molecular flexibility index (Phi) is 4.17. The molecule has 2 nitrogen and oxygen atoms in total. The van der Waals surface area contributed by atoms with Crippen LogP contribution in [0.25, 0.3) is 0 Å². The maximum absolute atomic E-state index is 13.1. The largest absolute Gasteiger partial charge is 0.388 e. The molecule has 0 aliphatic carbocycles. The van der Waals surface area contributed by atoms with Crippen LogP contribution in [0.2, 0.25) is 5.02 Å². The minimum Gasteiger partial charge on any atom is -0.388 e. The fourth-order valence-corrected chi connectivity index (χ4v) is 2.27. The predicted molar refractivity (Wildman–Crippen MR) is 73.8 cm³/mol. The van der Waals surface area contributed by atoms with Crippen LogP contribution in [0.4, 0.5) is 4.39 Å². The zero-order valence-electron chi connectivity index (χ0n) is 10.8. The second kappa shape index (κ2) is 5.68. The minimum atomic E-state index is -0.651. The van der Waals surface area contributed by atoms with Gasteiger partial charge in [0.1, 0.15) is 5.82 Å². The first-order chi connectivity index (χ1) is 8.95. The van der Waals surface area contributed by atoms with Crippen molar-refractivity contribution < 1.29 is 9.50 Å². The molecule has 1 atom stereocenters. The fraction of sp³-hybridized carbons (Fsp3) is 0.267. The maximum atomic E-state index is 13.1. The van der Waals surface area contributed by atoms with Crippen molar-refractivity contribution in [2.45, 2.75) is 26.4 Å². The number of benzene rings is 1. The van der Waals surface area contributed by atoms with Crippen molar-refractivity contribution in [3.63, 3.8) is 0 Å². The molecule has 0 spiro atoms. The molecular weight excluding hydrogens is 265 g/mol. The first kappa shape index (κ1) is 14.0. The number of hydrogen-bond acceptors (Lipinski definition) is 2. The molecule has 1 aromatic carbocycles. The summed E-state index contributed by atoms with van der Waals surface area (Å²) in [6, 6.07) is 8.19. The Bertz CT molecular complexity index is 580. The van der Waals surface area contributed by atoms with Gasteiger partial charge in [-0.1, -0.05) is 17.7 Å². The molecule has 0 saturated heterocycles. The Balaban J connectivity index is 2.20. The summed E-state index contributed by atoms with van der Waals surface area (Å²) in [7, 11) is 0. The summed E-state index contributed by atoms with van der Waals surface area (Å²) in [6.45, 7) is 3.77. The highest BCUT2D eigenvalue weighted by molar-refractivity contribution is 6.30. The SMILES string of the molecule is Cc1cc(C(O)Cc2ccc(F)c(Cl)c2)cc(C)n1. The summed E-state index contributed by atoms with van der Waals surface area (Å²) < 4.78 is 13.1. The highest BCUT2D eigenvalue weighted by Gasteiger charge is 2.11. The monoisotopic (exact) mass is 279 g/mol. The van der Waals surface area contributed by atoms with E-state index in [1.165, 1.54) is 6.07 Å². The third-order valence-corrected chi connectivity index (χ3v) is 3.19. The van der Waals surface area contributed by atoms with Crippen molar-refractivity contribution in [3.05, 3.63) is 63.7 Å². The molecule has 0 aliphatic heterocycles. The van der Waals surface area contributed by atoms with Crippen molar-refractivity contribution >= 4 is 11.6 Å². The van der Waals surface area contributed by atoms with E-state index in [1.54, 1.807) is 12.1 Å². The number of pyridine rings is 1. The zero-order chi connectivity index (χ0) is 14.0. The molecule has 2 rings (SSSR count). The highest BCUT2D eigenvalue weighted by atomic mass is 35.5. The van der Waals surface area contributed by atoms with E-state index in [-0.39, 0.29) is 5.02 Å². The number of nitrogens with zero attached hydrogens (tertiary/aromatic N) is 1. The molecule has 1 N–H and O–H groups in total. The third kappa shape index (κ3) is 3.52. The van der Waals surface area contributed by atoms with Gasteiger partial charge in [0.15, 0.2) is 0 Å². The Morgan fingerprint density at radius 3 is 2.42 bits per heavy atom. The Hall–Kier alpha value is -1.45. The molecule has 4 heteroatoms. The average Bonchev–Trinajstić information content (AvgIpc) is 2.32. The quantitative estimate of drug-likeness (QED) is 0.928. The second-order valence-corrected chi connectivity index (χ2v) is 5.06. The topological polar surface area (TPSA) is 33.1 Å². The first-order valence-corrected chi connectivity index (χ1v) is 6.40. The molecule has 19 heavy (non-hydrogen) atoms. The van der Waals surface area contributed by atoms with Crippen LogP contribution in [-0.4, -0.2) is 10.1 Å². The van der Waals surface area contributed by atoms with E-state index in [2.05, 4.69) is 4.98 Å². The Morgan fingerprint density at radius 2 is 1.84 bits per heavy atom. The molecule has 1 aromatic heterocycles. The summed E-state index contributed by atoms with van der Waals surface area (Å²) in [5, 5.41) is 10.3. The number of aliphatic hydroxyl groups is 1. The van der Waals surface area contributed by atoms with Gasteiger partial charge in [0.05, 0.1) is 11.1 Å². The predicted octanol–water partition coefficient (Wildman–Crippen LogP) is 3.77. The number of hydrogen-bond donors (Lipinski definition) is 1. The first-order valence-electron chi connectivity index (χ1n) is 6.03. The number of aromatic nitrogens is 1. The number of rotatable bonds is 3. The number of aliphatic hydroxyl groups excluding tert-OH is 1. The van der Waals surface area contributed by atoms with Gasteiger partial charge in [-0.15, -0.1) is 0 Å². The lowest BCUT2D eigenvalue weighted by Crippen LogP contribution is -2.04. The normalized spacial score (nSPS) is 12.5. The fourth-order valence-electron chi connectivity index (χ4n) is 2.07. The van der Waals surface area contributed by atoms with E-state index in [0.717, 1.165) is 22.5 Å². The maximum Gasteiger partial charge on any atom is 0.141 e. The molecule has 100 valence electrons. The van der Waals surface area contributed by atoms with Crippen LogP contribution < -0.4 is 0 Å². The van der Waals surface area contributed by atoms with Crippen molar-refractivity contribution in [2.75, 3.05) is 0 Å². The molecule has 0 bridgehead atoms. The summed E-state index contributed by atoms with van der Waals surface area (Å²) in [5.41, 5.74) is 3.34. The minimum absolute atomic E-state index is 0.0757. The van der Waals surface area contributed by atoms with Crippen molar-refractivity contribution in [3.8, 4) is 0 Å². The molecule has 0 saturated carbocycles. The van der Waals surface area contributed by atoms with Crippen LogP contribution in [0, 0.1) is 19.7 Å². The third-order valence-electron chi connectivity index (χ3n) is 2.90. The van der Waals surface area contributed by atoms with Gasteiger partial charge in [0.2, 0.25) is 0 Å². The van der Waals surface area contributed by atoms with Crippen LogP contribution in [0.3, 0.4) is 0 Å². The van der Waals surface area contributed by atoms with Crippen molar-refractivity contribution in [1.29, 1.82) is 0 Å².